The predicted octanol–water partition coefficient (Wildman–Crippen LogP) is 1.21. The highest BCUT2D eigenvalue weighted by atomic mass is 32.2. The van der Waals surface area contributed by atoms with Gasteiger partial charge < -0.3 is 5.73 Å². The van der Waals surface area contributed by atoms with E-state index in [-0.39, 0.29) is 16.6 Å². The number of nitro groups is 1. The summed E-state index contributed by atoms with van der Waals surface area (Å²) in [5.74, 6) is 0. The molecular weight excluding hydrogens is 258 g/mol. The van der Waals surface area contributed by atoms with Crippen LogP contribution in [0.2, 0.25) is 0 Å². The lowest BCUT2D eigenvalue weighted by Gasteiger charge is -2.20. The van der Waals surface area contributed by atoms with Gasteiger partial charge in [-0.2, -0.15) is 4.31 Å². The molecule has 1 aromatic carbocycles. The van der Waals surface area contributed by atoms with Crippen LogP contribution in [0, 0.1) is 10.1 Å². The van der Waals surface area contributed by atoms with Crippen LogP contribution >= 0.6 is 0 Å². The lowest BCUT2D eigenvalue weighted by atomic mass is 10.3. The second-order valence-corrected chi connectivity index (χ2v) is 6.09. The predicted molar refractivity (Wildman–Crippen MR) is 67.6 cm³/mol. The van der Waals surface area contributed by atoms with Crippen molar-refractivity contribution in [3.8, 4) is 0 Å². The number of nitro benzene ring substituents is 1. The van der Waals surface area contributed by atoms with E-state index in [9.17, 15) is 18.5 Å². The molecule has 8 heteroatoms. The van der Waals surface area contributed by atoms with E-state index in [1.165, 1.54) is 19.2 Å². The first-order valence-corrected chi connectivity index (χ1v) is 6.64. The molecule has 0 heterocycles. The smallest absolute Gasteiger partial charge is 0.293 e. The van der Waals surface area contributed by atoms with Crippen molar-refractivity contribution in [2.24, 2.45) is 0 Å². The number of nitrogen functional groups attached to an aromatic ring is 1. The summed E-state index contributed by atoms with van der Waals surface area (Å²) in [4.78, 5) is 9.88. The van der Waals surface area contributed by atoms with Crippen LogP contribution in [0.4, 0.5) is 11.4 Å². The zero-order chi connectivity index (χ0) is 14.1. The van der Waals surface area contributed by atoms with Gasteiger partial charge in [-0.05, 0) is 26.0 Å². The number of hydrogen-bond acceptors (Lipinski definition) is 5. The molecule has 0 unspecified atom stereocenters. The number of nitrogens with zero attached hydrogens (tertiary/aromatic N) is 2. The van der Waals surface area contributed by atoms with Crippen molar-refractivity contribution in [2.45, 2.75) is 24.8 Å². The van der Waals surface area contributed by atoms with Crippen LogP contribution in [0.5, 0.6) is 0 Å². The largest absolute Gasteiger partial charge is 0.393 e. The Morgan fingerprint density at radius 1 is 1.39 bits per heavy atom. The normalized spacial score (nSPS) is 12.1. The summed E-state index contributed by atoms with van der Waals surface area (Å²) in [6, 6.07) is 3.21. The lowest BCUT2D eigenvalue weighted by Crippen LogP contribution is -2.33. The number of anilines is 1. The van der Waals surface area contributed by atoms with Gasteiger partial charge in [0.05, 0.1) is 9.82 Å². The zero-order valence-electron chi connectivity index (χ0n) is 10.3. The monoisotopic (exact) mass is 273 g/mol. The van der Waals surface area contributed by atoms with Gasteiger partial charge in [0.25, 0.3) is 5.69 Å². The van der Waals surface area contributed by atoms with Crippen LogP contribution in [-0.4, -0.2) is 30.7 Å². The fourth-order valence-electron chi connectivity index (χ4n) is 1.29. The van der Waals surface area contributed by atoms with Crippen LogP contribution in [-0.2, 0) is 10.0 Å². The summed E-state index contributed by atoms with van der Waals surface area (Å²) in [5.41, 5.74) is 4.95. The minimum Gasteiger partial charge on any atom is -0.393 e. The quantitative estimate of drug-likeness (QED) is 0.504. The molecule has 0 amide bonds. The van der Waals surface area contributed by atoms with E-state index in [0.29, 0.717) is 0 Å². The maximum absolute atomic E-state index is 12.1. The minimum atomic E-state index is -3.74. The molecule has 0 saturated carbocycles. The molecule has 100 valence electrons. The van der Waals surface area contributed by atoms with Crippen molar-refractivity contribution in [2.75, 3.05) is 12.8 Å². The first kappa shape index (κ1) is 14.4. The number of nitrogens with two attached hydrogens (primary N) is 1. The van der Waals surface area contributed by atoms with E-state index in [2.05, 4.69) is 0 Å². The summed E-state index contributed by atoms with van der Waals surface area (Å²) in [6.45, 7) is 3.42. The third-order valence-electron chi connectivity index (χ3n) is 2.60. The van der Waals surface area contributed by atoms with E-state index in [0.717, 1.165) is 10.4 Å². The number of sulfonamides is 1. The molecule has 0 saturated heterocycles. The molecule has 0 aliphatic carbocycles. The molecule has 1 rings (SSSR count). The Balaban J connectivity index is 3.35. The van der Waals surface area contributed by atoms with Gasteiger partial charge >= 0.3 is 0 Å². The number of rotatable bonds is 4. The highest BCUT2D eigenvalue weighted by Gasteiger charge is 2.25. The van der Waals surface area contributed by atoms with Crippen molar-refractivity contribution >= 4 is 21.4 Å². The Kier molecular flexibility index (Phi) is 3.92. The molecule has 0 bridgehead atoms. The Hall–Kier alpha value is -1.67. The van der Waals surface area contributed by atoms with Gasteiger partial charge in [0.15, 0.2) is 0 Å². The Morgan fingerprint density at radius 3 is 2.39 bits per heavy atom. The van der Waals surface area contributed by atoms with E-state index in [4.69, 9.17) is 5.73 Å². The van der Waals surface area contributed by atoms with Gasteiger partial charge in [0, 0.05) is 19.2 Å². The van der Waals surface area contributed by atoms with Gasteiger partial charge in [0.2, 0.25) is 10.0 Å². The summed E-state index contributed by atoms with van der Waals surface area (Å²) >= 11 is 0. The van der Waals surface area contributed by atoms with Crippen LogP contribution in [0.1, 0.15) is 13.8 Å². The average Bonchev–Trinajstić information content (AvgIpc) is 2.27. The second-order valence-electron chi connectivity index (χ2n) is 4.09. The molecule has 1 aromatic rings. The Morgan fingerprint density at radius 2 is 1.94 bits per heavy atom. The number of hydrogen-bond donors (Lipinski definition) is 1. The van der Waals surface area contributed by atoms with Crippen molar-refractivity contribution < 1.29 is 13.3 Å². The molecule has 2 N–H and O–H groups in total. The SMILES string of the molecule is CC(C)N(C)S(=O)(=O)c1ccc(N)c([N+](=O)[O-])c1. The fraction of sp³-hybridized carbons (Fsp3) is 0.400. The molecule has 0 aliphatic rings. The molecule has 7 nitrogen and oxygen atoms in total. The molecule has 0 atom stereocenters. The topological polar surface area (TPSA) is 107 Å². The highest BCUT2D eigenvalue weighted by molar-refractivity contribution is 7.89. The van der Waals surface area contributed by atoms with E-state index in [1.54, 1.807) is 13.8 Å². The number of benzene rings is 1. The van der Waals surface area contributed by atoms with Gasteiger partial charge in [0.1, 0.15) is 5.69 Å². The van der Waals surface area contributed by atoms with Gasteiger partial charge in [-0.1, -0.05) is 0 Å². The summed E-state index contributed by atoms with van der Waals surface area (Å²) in [7, 11) is -2.32. The van der Waals surface area contributed by atoms with E-state index >= 15 is 0 Å². The van der Waals surface area contributed by atoms with Crippen LogP contribution in [0.3, 0.4) is 0 Å². The molecule has 18 heavy (non-hydrogen) atoms. The van der Waals surface area contributed by atoms with Crippen LogP contribution < -0.4 is 5.73 Å². The summed E-state index contributed by atoms with van der Waals surface area (Å²) in [6.07, 6.45) is 0. The maximum Gasteiger partial charge on any atom is 0.293 e. The fourth-order valence-corrected chi connectivity index (χ4v) is 2.67. The highest BCUT2D eigenvalue weighted by Crippen LogP contribution is 2.26. The third kappa shape index (κ3) is 2.59. The van der Waals surface area contributed by atoms with Crippen LogP contribution in [0.15, 0.2) is 23.1 Å². The Bertz CT molecular complexity index is 568. The summed E-state index contributed by atoms with van der Waals surface area (Å²) < 4.78 is 25.4. The van der Waals surface area contributed by atoms with E-state index in [1.807, 2.05) is 0 Å². The standard InChI is InChI=1S/C10H15N3O4S/c1-7(2)12(3)18(16,17)8-4-5-9(11)10(6-8)13(14)15/h4-7H,11H2,1-3H3. The van der Waals surface area contributed by atoms with Crippen LogP contribution in [0.25, 0.3) is 0 Å². The third-order valence-corrected chi connectivity index (χ3v) is 4.63. The van der Waals surface area contributed by atoms with Gasteiger partial charge in [-0.25, -0.2) is 8.42 Å². The summed E-state index contributed by atoms with van der Waals surface area (Å²) in [5, 5.41) is 10.7. The molecule has 0 aliphatic heterocycles. The lowest BCUT2D eigenvalue weighted by molar-refractivity contribution is -0.384. The molecule has 0 radical (unpaired) electrons. The molecule has 0 fully saturated rings. The molecule has 0 spiro atoms. The van der Waals surface area contributed by atoms with E-state index < -0.39 is 20.6 Å². The molecular formula is C10H15N3O4S. The van der Waals surface area contributed by atoms with Crippen molar-refractivity contribution in [3.63, 3.8) is 0 Å². The van der Waals surface area contributed by atoms with Crippen molar-refractivity contribution in [1.82, 2.24) is 4.31 Å². The molecule has 0 aromatic heterocycles. The zero-order valence-corrected chi connectivity index (χ0v) is 11.1. The average molecular weight is 273 g/mol. The Labute approximate surface area is 105 Å². The first-order chi connectivity index (χ1) is 8.17. The maximum atomic E-state index is 12.1. The first-order valence-electron chi connectivity index (χ1n) is 5.20. The second kappa shape index (κ2) is 4.91. The van der Waals surface area contributed by atoms with Gasteiger partial charge in [-0.3, -0.25) is 10.1 Å². The van der Waals surface area contributed by atoms with Gasteiger partial charge in [-0.15, -0.1) is 0 Å². The van der Waals surface area contributed by atoms with Crippen molar-refractivity contribution in [1.29, 1.82) is 0 Å². The minimum absolute atomic E-state index is 0.0637. The van der Waals surface area contributed by atoms with Crippen molar-refractivity contribution in [3.05, 3.63) is 28.3 Å².